The largest absolute Gasteiger partial charge is 0.573 e. The predicted molar refractivity (Wildman–Crippen MR) is 91.6 cm³/mol. The Kier molecular flexibility index (Phi) is 8.44. The molecule has 1 N–H and O–H groups in total. The van der Waals surface area contributed by atoms with Crippen LogP contribution >= 0.6 is 12.4 Å². The molecule has 1 aromatic carbocycles. The molecule has 0 radical (unpaired) electrons. The van der Waals surface area contributed by atoms with Crippen LogP contribution in [0.1, 0.15) is 38.3 Å². The van der Waals surface area contributed by atoms with Crippen LogP contribution in [0.4, 0.5) is 17.6 Å². The summed E-state index contributed by atoms with van der Waals surface area (Å²) in [7, 11) is 0. The second-order valence-electron chi connectivity index (χ2n) is 6.23. The summed E-state index contributed by atoms with van der Waals surface area (Å²) in [6, 6.07) is 3.79. The number of ether oxygens (including phenoxy) is 1. The van der Waals surface area contributed by atoms with Crippen LogP contribution in [0, 0.1) is 11.7 Å². The summed E-state index contributed by atoms with van der Waals surface area (Å²) < 4.78 is 54.7. The van der Waals surface area contributed by atoms with Crippen molar-refractivity contribution in [3.8, 4) is 5.75 Å². The first-order chi connectivity index (χ1) is 11.3. The van der Waals surface area contributed by atoms with Gasteiger partial charge in [-0.15, -0.1) is 25.6 Å². The fourth-order valence-corrected chi connectivity index (χ4v) is 3.38. The smallest absolute Gasteiger partial charge is 0.403 e. The lowest BCUT2D eigenvalue weighted by molar-refractivity contribution is -0.275. The van der Waals surface area contributed by atoms with Crippen molar-refractivity contribution in [2.45, 2.75) is 39.1 Å². The van der Waals surface area contributed by atoms with Gasteiger partial charge < -0.3 is 10.1 Å². The maximum Gasteiger partial charge on any atom is 0.573 e. The van der Waals surface area contributed by atoms with Crippen LogP contribution in [-0.4, -0.2) is 37.4 Å². The van der Waals surface area contributed by atoms with E-state index in [1.54, 1.807) is 6.07 Å². The number of nitrogens with one attached hydrogen (secondary N) is 1. The Morgan fingerprint density at radius 3 is 2.40 bits per heavy atom. The van der Waals surface area contributed by atoms with Gasteiger partial charge in [0.15, 0.2) is 11.6 Å². The van der Waals surface area contributed by atoms with E-state index in [-0.39, 0.29) is 24.4 Å². The number of hydrogen-bond donors (Lipinski definition) is 1. The quantitative estimate of drug-likeness (QED) is 0.729. The van der Waals surface area contributed by atoms with E-state index in [2.05, 4.69) is 28.8 Å². The summed E-state index contributed by atoms with van der Waals surface area (Å²) in [4.78, 5) is 2.27. The molecule has 25 heavy (non-hydrogen) atoms. The number of hydrogen-bond acceptors (Lipinski definition) is 3. The van der Waals surface area contributed by atoms with Gasteiger partial charge in [0.05, 0.1) is 0 Å². The van der Waals surface area contributed by atoms with E-state index >= 15 is 0 Å². The second kappa shape index (κ2) is 9.59. The van der Waals surface area contributed by atoms with Gasteiger partial charge in [-0.25, -0.2) is 4.39 Å². The van der Waals surface area contributed by atoms with Crippen molar-refractivity contribution in [2.24, 2.45) is 5.92 Å². The van der Waals surface area contributed by atoms with E-state index < -0.39 is 17.9 Å². The van der Waals surface area contributed by atoms with Crippen molar-refractivity contribution in [3.05, 3.63) is 29.6 Å². The molecule has 2 atom stereocenters. The van der Waals surface area contributed by atoms with Gasteiger partial charge in [0.1, 0.15) is 0 Å². The third-order valence-corrected chi connectivity index (χ3v) is 4.35. The van der Waals surface area contributed by atoms with Crippen LogP contribution in [0.5, 0.6) is 5.75 Å². The zero-order valence-electron chi connectivity index (χ0n) is 14.4. The molecule has 0 spiro atoms. The molecule has 0 aliphatic carbocycles. The van der Waals surface area contributed by atoms with Crippen LogP contribution in [0.15, 0.2) is 18.2 Å². The summed E-state index contributed by atoms with van der Waals surface area (Å²) in [5, 5.41) is 3.28. The highest BCUT2D eigenvalue weighted by molar-refractivity contribution is 5.85. The standard InChI is InChI=1S/C17H24F4N2O.ClH/c1-3-4-12(2)16(23-9-7-22-8-10-23)13-5-6-15(14(18)11-13)24-17(19,20)21;/h5-6,11-12,16,22H,3-4,7-10H2,1-2H3;1H/t12?,16-;/m0./s1. The number of halogens is 5. The van der Waals surface area contributed by atoms with Crippen molar-refractivity contribution in [1.82, 2.24) is 10.2 Å². The zero-order valence-corrected chi connectivity index (χ0v) is 15.2. The summed E-state index contributed by atoms with van der Waals surface area (Å²) in [6.07, 6.45) is -2.92. The Balaban J connectivity index is 0.00000312. The molecule has 1 aliphatic rings. The molecule has 1 aliphatic heterocycles. The van der Waals surface area contributed by atoms with Crippen molar-refractivity contribution >= 4 is 12.4 Å². The van der Waals surface area contributed by atoms with Gasteiger partial charge in [0.25, 0.3) is 0 Å². The lowest BCUT2D eigenvalue weighted by Gasteiger charge is -2.38. The zero-order chi connectivity index (χ0) is 17.7. The molecule has 1 unspecified atom stereocenters. The van der Waals surface area contributed by atoms with E-state index in [4.69, 9.17) is 0 Å². The van der Waals surface area contributed by atoms with Crippen molar-refractivity contribution in [1.29, 1.82) is 0 Å². The van der Waals surface area contributed by atoms with E-state index in [0.29, 0.717) is 5.56 Å². The molecule has 0 saturated carbocycles. The Morgan fingerprint density at radius 1 is 1.24 bits per heavy atom. The van der Waals surface area contributed by atoms with Crippen LogP contribution in [0.3, 0.4) is 0 Å². The molecule has 1 fully saturated rings. The number of benzene rings is 1. The molecule has 1 aromatic rings. The molecule has 1 saturated heterocycles. The molecule has 1 heterocycles. The summed E-state index contributed by atoms with van der Waals surface area (Å²) in [6.45, 7) is 7.57. The van der Waals surface area contributed by atoms with Crippen LogP contribution < -0.4 is 10.1 Å². The molecular weight excluding hydrogens is 360 g/mol. The number of nitrogens with zero attached hydrogens (tertiary/aromatic N) is 1. The van der Waals surface area contributed by atoms with E-state index in [1.807, 2.05) is 0 Å². The average Bonchev–Trinajstić information content (AvgIpc) is 2.50. The van der Waals surface area contributed by atoms with Gasteiger partial charge in [0.2, 0.25) is 0 Å². The molecule has 2 rings (SSSR count). The molecule has 144 valence electrons. The highest BCUT2D eigenvalue weighted by Crippen LogP contribution is 2.35. The Labute approximate surface area is 152 Å². The normalized spacial score (nSPS) is 18.3. The number of rotatable bonds is 6. The molecule has 0 aromatic heterocycles. The van der Waals surface area contributed by atoms with E-state index in [1.165, 1.54) is 6.07 Å². The first kappa shape index (κ1) is 22.0. The Bertz CT molecular complexity index is 536. The van der Waals surface area contributed by atoms with E-state index in [9.17, 15) is 17.6 Å². The van der Waals surface area contributed by atoms with Crippen LogP contribution in [0.2, 0.25) is 0 Å². The van der Waals surface area contributed by atoms with Gasteiger partial charge >= 0.3 is 6.36 Å². The maximum atomic E-state index is 14.1. The van der Waals surface area contributed by atoms with Crippen LogP contribution in [0.25, 0.3) is 0 Å². The van der Waals surface area contributed by atoms with Crippen molar-refractivity contribution in [3.63, 3.8) is 0 Å². The fourth-order valence-electron chi connectivity index (χ4n) is 3.38. The third-order valence-electron chi connectivity index (χ3n) is 4.35. The second-order valence-corrected chi connectivity index (χ2v) is 6.23. The van der Waals surface area contributed by atoms with Gasteiger partial charge in [0, 0.05) is 32.2 Å². The average molecular weight is 385 g/mol. The van der Waals surface area contributed by atoms with E-state index in [0.717, 1.165) is 45.1 Å². The SMILES string of the molecule is CCCC(C)[C@@H](c1ccc(OC(F)(F)F)c(F)c1)N1CCNCC1.Cl. The first-order valence-corrected chi connectivity index (χ1v) is 8.31. The topological polar surface area (TPSA) is 24.5 Å². The molecule has 8 heteroatoms. The van der Waals surface area contributed by atoms with Gasteiger partial charge in [-0.1, -0.05) is 26.3 Å². The van der Waals surface area contributed by atoms with Gasteiger partial charge in [-0.3, -0.25) is 4.90 Å². The highest BCUT2D eigenvalue weighted by Gasteiger charge is 2.33. The maximum absolute atomic E-state index is 14.1. The lowest BCUT2D eigenvalue weighted by atomic mass is 9.89. The highest BCUT2D eigenvalue weighted by atomic mass is 35.5. The molecule has 3 nitrogen and oxygen atoms in total. The Morgan fingerprint density at radius 2 is 1.88 bits per heavy atom. The van der Waals surface area contributed by atoms with Crippen LogP contribution in [-0.2, 0) is 0 Å². The predicted octanol–water partition coefficient (Wildman–Crippen LogP) is 4.53. The fraction of sp³-hybridized carbons (Fsp3) is 0.647. The summed E-state index contributed by atoms with van der Waals surface area (Å²) in [5.74, 6) is -1.48. The number of alkyl halides is 3. The molecule has 0 amide bonds. The van der Waals surface area contributed by atoms with Crippen molar-refractivity contribution < 1.29 is 22.3 Å². The summed E-state index contributed by atoms with van der Waals surface area (Å²) in [5.41, 5.74) is 0.699. The Hall–Kier alpha value is -1.05. The minimum atomic E-state index is -4.89. The molecular formula is C17H25ClF4N2O. The van der Waals surface area contributed by atoms with Gasteiger partial charge in [-0.05, 0) is 30.0 Å². The number of piperazine rings is 1. The van der Waals surface area contributed by atoms with Gasteiger partial charge in [-0.2, -0.15) is 0 Å². The minimum absolute atomic E-state index is 0. The minimum Gasteiger partial charge on any atom is -0.403 e. The monoisotopic (exact) mass is 384 g/mol. The third kappa shape index (κ3) is 6.31. The first-order valence-electron chi connectivity index (χ1n) is 8.31. The summed E-state index contributed by atoms with van der Waals surface area (Å²) >= 11 is 0. The molecule has 0 bridgehead atoms. The lowest BCUT2D eigenvalue weighted by Crippen LogP contribution is -2.46. The van der Waals surface area contributed by atoms with Crippen molar-refractivity contribution in [2.75, 3.05) is 26.2 Å².